The highest BCUT2D eigenvalue weighted by atomic mass is 35.5. The molecule has 2 rings (SSSR count). The first-order chi connectivity index (χ1) is 7.00. The summed E-state index contributed by atoms with van der Waals surface area (Å²) in [5, 5.41) is 0.657. The Kier molecular flexibility index (Phi) is 3.65. The van der Waals surface area contributed by atoms with E-state index in [9.17, 15) is 13.2 Å². The Bertz CT molecular complexity index is 511. The highest BCUT2D eigenvalue weighted by Gasteiger charge is 2.33. The number of hydrogen-bond acceptors (Lipinski definition) is 1. The first-order valence-corrected chi connectivity index (χ1v) is 4.47. The molecule has 0 N–H and O–H groups in total. The predicted octanol–water partition coefficient (Wildman–Crippen LogP) is 4.33. The maximum atomic E-state index is 12.5. The van der Waals surface area contributed by atoms with Gasteiger partial charge >= 0.3 is 6.18 Å². The van der Waals surface area contributed by atoms with E-state index in [1.807, 2.05) is 0 Å². The van der Waals surface area contributed by atoms with Crippen LogP contribution < -0.4 is 0 Å². The fourth-order valence-electron chi connectivity index (χ4n) is 1.34. The third-order valence-corrected chi connectivity index (χ3v) is 2.47. The van der Waals surface area contributed by atoms with Gasteiger partial charge in [-0.3, -0.25) is 4.98 Å². The van der Waals surface area contributed by atoms with Gasteiger partial charge in [0.1, 0.15) is 0 Å². The molecule has 6 heteroatoms. The predicted molar refractivity (Wildman–Crippen MR) is 59.0 cm³/mol. The lowest BCUT2D eigenvalue weighted by Crippen LogP contribution is -2.05. The normalized spacial score (nSPS) is 11.2. The van der Waals surface area contributed by atoms with Crippen molar-refractivity contribution in [2.45, 2.75) is 6.18 Å². The van der Waals surface area contributed by atoms with E-state index in [0.29, 0.717) is 10.8 Å². The van der Waals surface area contributed by atoms with Crippen molar-refractivity contribution < 1.29 is 13.2 Å². The van der Waals surface area contributed by atoms with E-state index in [1.165, 1.54) is 18.5 Å². The number of benzene rings is 1. The van der Waals surface area contributed by atoms with Gasteiger partial charge in [0.25, 0.3) is 0 Å². The zero-order chi connectivity index (χ0) is 11.1. The van der Waals surface area contributed by atoms with Gasteiger partial charge in [-0.1, -0.05) is 17.7 Å². The molecule has 0 atom stereocenters. The lowest BCUT2D eigenvalue weighted by atomic mass is 10.1. The van der Waals surface area contributed by atoms with E-state index in [0.717, 1.165) is 6.07 Å². The Morgan fingerprint density at radius 1 is 1.12 bits per heavy atom. The second kappa shape index (κ2) is 4.47. The Labute approximate surface area is 101 Å². The van der Waals surface area contributed by atoms with E-state index in [1.54, 1.807) is 6.07 Å². The molecule has 86 valence electrons. The van der Waals surface area contributed by atoms with Gasteiger partial charge in [-0.25, -0.2) is 0 Å². The second-order valence-electron chi connectivity index (χ2n) is 3.02. The summed E-state index contributed by atoms with van der Waals surface area (Å²) in [5.41, 5.74) is -0.829. The smallest absolute Gasteiger partial charge is 0.264 e. The molecule has 1 nitrogen and oxygen atoms in total. The van der Waals surface area contributed by atoms with E-state index in [-0.39, 0.29) is 17.4 Å². The molecule has 1 aromatic carbocycles. The van der Waals surface area contributed by atoms with Crippen LogP contribution in [0.2, 0.25) is 5.02 Å². The fourth-order valence-corrected chi connectivity index (χ4v) is 1.67. The summed E-state index contributed by atoms with van der Waals surface area (Å²) < 4.78 is 37.4. The molecular formula is C10H6Cl2F3N. The Hall–Kier alpha value is -1.00. The molecule has 0 aliphatic heterocycles. The van der Waals surface area contributed by atoms with Crippen LogP contribution in [-0.4, -0.2) is 4.98 Å². The van der Waals surface area contributed by atoms with E-state index < -0.39 is 11.7 Å². The molecule has 0 fully saturated rings. The minimum atomic E-state index is -4.43. The number of rotatable bonds is 0. The number of fused-ring (bicyclic) bond motifs is 1. The highest BCUT2D eigenvalue weighted by Crippen LogP contribution is 2.37. The molecule has 1 aromatic heterocycles. The van der Waals surface area contributed by atoms with Crippen LogP contribution in [0.25, 0.3) is 10.8 Å². The number of hydrogen-bond donors (Lipinski definition) is 0. The largest absolute Gasteiger partial charge is 0.417 e. The average Bonchev–Trinajstić information content (AvgIpc) is 2.16. The molecule has 2 aromatic rings. The van der Waals surface area contributed by atoms with Crippen LogP contribution in [0.15, 0.2) is 30.6 Å². The molecule has 0 radical (unpaired) electrons. The number of pyridine rings is 1. The van der Waals surface area contributed by atoms with Crippen molar-refractivity contribution in [2.75, 3.05) is 0 Å². The van der Waals surface area contributed by atoms with Crippen LogP contribution in [0, 0.1) is 0 Å². The van der Waals surface area contributed by atoms with Crippen molar-refractivity contribution in [2.24, 2.45) is 0 Å². The SMILES string of the molecule is Cl.FC(F)(F)c1ccc2ccncc2c1Cl. The van der Waals surface area contributed by atoms with Crippen molar-refractivity contribution in [3.05, 3.63) is 41.2 Å². The summed E-state index contributed by atoms with van der Waals surface area (Å²) >= 11 is 5.67. The summed E-state index contributed by atoms with van der Waals surface area (Å²) in [7, 11) is 0. The Balaban J connectivity index is 0.00000128. The second-order valence-corrected chi connectivity index (χ2v) is 3.40. The average molecular weight is 268 g/mol. The molecule has 1 heterocycles. The maximum Gasteiger partial charge on any atom is 0.417 e. The number of alkyl halides is 3. The first kappa shape index (κ1) is 13.1. The van der Waals surface area contributed by atoms with Crippen molar-refractivity contribution in [1.82, 2.24) is 4.98 Å². The molecule has 0 aliphatic carbocycles. The van der Waals surface area contributed by atoms with E-state index in [2.05, 4.69) is 4.98 Å². The van der Waals surface area contributed by atoms with Crippen LogP contribution in [-0.2, 0) is 6.18 Å². The highest BCUT2D eigenvalue weighted by molar-refractivity contribution is 6.36. The van der Waals surface area contributed by atoms with Crippen molar-refractivity contribution in [3.63, 3.8) is 0 Å². The van der Waals surface area contributed by atoms with E-state index in [4.69, 9.17) is 11.6 Å². The standard InChI is InChI=1S/C10H5ClF3N.ClH/c11-9-7-5-15-4-3-6(7)1-2-8(9)10(12,13)14;/h1-5H;1H. The molecule has 0 saturated heterocycles. The number of nitrogens with zero attached hydrogens (tertiary/aromatic N) is 1. The summed E-state index contributed by atoms with van der Waals surface area (Å²) in [6.07, 6.45) is -1.60. The first-order valence-electron chi connectivity index (χ1n) is 4.09. The van der Waals surface area contributed by atoms with Gasteiger partial charge in [-0.05, 0) is 17.5 Å². The topological polar surface area (TPSA) is 12.9 Å². The summed E-state index contributed by atoms with van der Waals surface area (Å²) in [4.78, 5) is 3.75. The van der Waals surface area contributed by atoms with Crippen molar-refractivity contribution in [1.29, 1.82) is 0 Å². The number of aromatic nitrogens is 1. The van der Waals surface area contributed by atoms with Crippen LogP contribution in [0.4, 0.5) is 13.2 Å². The summed E-state index contributed by atoms with van der Waals surface area (Å²) in [6, 6.07) is 3.97. The van der Waals surface area contributed by atoms with Gasteiger partial charge in [0.05, 0.1) is 10.6 Å². The zero-order valence-corrected chi connectivity index (χ0v) is 9.33. The monoisotopic (exact) mass is 267 g/mol. The van der Waals surface area contributed by atoms with Crippen molar-refractivity contribution in [3.8, 4) is 0 Å². The lowest BCUT2D eigenvalue weighted by molar-refractivity contribution is -0.137. The quantitative estimate of drug-likeness (QED) is 0.693. The zero-order valence-electron chi connectivity index (χ0n) is 7.75. The molecule has 16 heavy (non-hydrogen) atoms. The molecular weight excluding hydrogens is 262 g/mol. The van der Waals surface area contributed by atoms with Crippen LogP contribution in [0.3, 0.4) is 0 Å². The molecule has 0 saturated carbocycles. The number of halogens is 5. The molecule has 0 bridgehead atoms. The Morgan fingerprint density at radius 3 is 2.44 bits per heavy atom. The molecule has 0 aliphatic rings. The van der Waals surface area contributed by atoms with Crippen LogP contribution >= 0.6 is 24.0 Å². The van der Waals surface area contributed by atoms with Crippen LogP contribution in [0.1, 0.15) is 5.56 Å². The molecule has 0 unspecified atom stereocenters. The third kappa shape index (κ3) is 2.23. The van der Waals surface area contributed by atoms with Gasteiger partial charge in [0.2, 0.25) is 0 Å². The van der Waals surface area contributed by atoms with Crippen molar-refractivity contribution >= 4 is 34.8 Å². The minimum Gasteiger partial charge on any atom is -0.264 e. The minimum absolute atomic E-state index is 0. The third-order valence-electron chi connectivity index (χ3n) is 2.06. The van der Waals surface area contributed by atoms with E-state index >= 15 is 0 Å². The molecule has 0 spiro atoms. The van der Waals surface area contributed by atoms with Gasteiger partial charge in [-0.2, -0.15) is 13.2 Å². The fraction of sp³-hybridized carbons (Fsp3) is 0.100. The maximum absolute atomic E-state index is 12.5. The van der Waals surface area contributed by atoms with Gasteiger partial charge in [0, 0.05) is 17.8 Å². The molecule has 0 amide bonds. The summed E-state index contributed by atoms with van der Waals surface area (Å²) in [5.74, 6) is 0. The Morgan fingerprint density at radius 2 is 1.81 bits per heavy atom. The lowest BCUT2D eigenvalue weighted by Gasteiger charge is -2.10. The van der Waals surface area contributed by atoms with Gasteiger partial charge in [-0.15, -0.1) is 12.4 Å². The van der Waals surface area contributed by atoms with Gasteiger partial charge in [0.15, 0.2) is 0 Å². The summed E-state index contributed by atoms with van der Waals surface area (Å²) in [6.45, 7) is 0. The van der Waals surface area contributed by atoms with Gasteiger partial charge < -0.3 is 0 Å². The van der Waals surface area contributed by atoms with Crippen LogP contribution in [0.5, 0.6) is 0 Å².